The van der Waals surface area contributed by atoms with Crippen molar-refractivity contribution in [2.45, 2.75) is 13.5 Å². The summed E-state index contributed by atoms with van der Waals surface area (Å²) in [6, 6.07) is 12.3. The van der Waals surface area contributed by atoms with Gasteiger partial charge in [0.15, 0.2) is 0 Å². The lowest BCUT2D eigenvalue weighted by Gasteiger charge is -2.07. The van der Waals surface area contributed by atoms with Gasteiger partial charge in [-0.15, -0.1) is 0 Å². The highest BCUT2D eigenvalue weighted by molar-refractivity contribution is 9.10. The van der Waals surface area contributed by atoms with Crippen LogP contribution < -0.4 is 10.2 Å². The van der Waals surface area contributed by atoms with Gasteiger partial charge in [-0.2, -0.15) is 5.10 Å². The van der Waals surface area contributed by atoms with Gasteiger partial charge in [0.05, 0.1) is 19.4 Å². The summed E-state index contributed by atoms with van der Waals surface area (Å²) in [5, 5.41) is 13.4. The molecular formula is C17H17BrN2O3. The molecular weight excluding hydrogens is 360 g/mol. The highest BCUT2D eigenvalue weighted by Crippen LogP contribution is 2.17. The Morgan fingerprint density at radius 3 is 2.70 bits per heavy atom. The Morgan fingerprint density at radius 2 is 2.04 bits per heavy atom. The van der Waals surface area contributed by atoms with Gasteiger partial charge in [-0.05, 0) is 55.0 Å². The summed E-state index contributed by atoms with van der Waals surface area (Å²) >= 11 is 3.32. The molecule has 0 aliphatic heterocycles. The maximum absolute atomic E-state index is 11.9. The lowest BCUT2D eigenvalue weighted by atomic mass is 10.1. The van der Waals surface area contributed by atoms with E-state index in [1.165, 1.54) is 6.21 Å². The average Bonchev–Trinajstić information content (AvgIpc) is 2.56. The van der Waals surface area contributed by atoms with Crippen LogP contribution in [-0.2, 0) is 6.61 Å². The van der Waals surface area contributed by atoms with E-state index < -0.39 is 0 Å². The molecule has 0 spiro atoms. The van der Waals surface area contributed by atoms with E-state index in [9.17, 15) is 9.90 Å². The van der Waals surface area contributed by atoms with E-state index in [1.54, 1.807) is 42.5 Å². The first-order valence-corrected chi connectivity index (χ1v) is 7.89. The summed E-state index contributed by atoms with van der Waals surface area (Å²) in [4.78, 5) is 11.9. The van der Waals surface area contributed by atoms with Crippen molar-refractivity contribution < 1.29 is 14.6 Å². The van der Waals surface area contributed by atoms with E-state index in [0.717, 1.165) is 4.47 Å². The normalized spacial score (nSPS) is 10.7. The number of ether oxygens (including phenoxy) is 1. The third-order valence-corrected chi connectivity index (χ3v) is 3.60. The number of amides is 1. The van der Waals surface area contributed by atoms with Gasteiger partial charge >= 0.3 is 0 Å². The summed E-state index contributed by atoms with van der Waals surface area (Å²) in [5.41, 5.74) is 4.37. The van der Waals surface area contributed by atoms with Crippen molar-refractivity contribution in [1.82, 2.24) is 5.43 Å². The van der Waals surface area contributed by atoms with Crippen LogP contribution in [0.15, 0.2) is 52.0 Å². The van der Waals surface area contributed by atoms with Gasteiger partial charge in [0, 0.05) is 15.6 Å². The summed E-state index contributed by atoms with van der Waals surface area (Å²) in [7, 11) is 0. The Balaban J connectivity index is 2.05. The Bertz CT molecular complexity index is 699. The van der Waals surface area contributed by atoms with Crippen molar-refractivity contribution in [2.75, 3.05) is 6.61 Å². The smallest absolute Gasteiger partial charge is 0.271 e. The fourth-order valence-electron chi connectivity index (χ4n) is 1.93. The first-order valence-electron chi connectivity index (χ1n) is 7.09. The highest BCUT2D eigenvalue weighted by atomic mass is 79.9. The number of carbonyl (C=O) groups is 1. The SMILES string of the molecule is CCOc1ccc(/C=N/NC(=O)c2ccc(Br)cc2)c(CO)c1. The standard InChI is InChI=1S/C17H17BrN2O3/c1-2-23-16-8-5-13(14(9-16)11-21)10-19-20-17(22)12-3-6-15(18)7-4-12/h3-10,21H,2,11H2,1H3,(H,20,22)/b19-10+. The molecule has 0 saturated heterocycles. The molecule has 5 nitrogen and oxygen atoms in total. The van der Waals surface area contributed by atoms with E-state index in [0.29, 0.717) is 29.0 Å². The lowest BCUT2D eigenvalue weighted by molar-refractivity contribution is 0.0955. The Kier molecular flexibility index (Phi) is 6.31. The molecule has 0 aliphatic carbocycles. The van der Waals surface area contributed by atoms with Gasteiger partial charge in [0.2, 0.25) is 0 Å². The van der Waals surface area contributed by atoms with Crippen LogP contribution >= 0.6 is 15.9 Å². The first kappa shape index (κ1) is 17.2. The molecule has 2 aromatic carbocycles. The number of aliphatic hydroxyl groups excluding tert-OH is 1. The predicted molar refractivity (Wildman–Crippen MR) is 92.7 cm³/mol. The molecule has 0 fully saturated rings. The van der Waals surface area contributed by atoms with Crippen molar-refractivity contribution in [3.05, 3.63) is 63.6 Å². The zero-order valence-electron chi connectivity index (χ0n) is 12.6. The second-order valence-corrected chi connectivity index (χ2v) is 5.57. The fourth-order valence-corrected chi connectivity index (χ4v) is 2.19. The molecule has 6 heteroatoms. The molecule has 0 radical (unpaired) electrons. The van der Waals surface area contributed by atoms with Gasteiger partial charge in [-0.3, -0.25) is 4.79 Å². The number of aliphatic hydroxyl groups is 1. The molecule has 0 bridgehead atoms. The zero-order valence-corrected chi connectivity index (χ0v) is 14.2. The van der Waals surface area contributed by atoms with E-state index >= 15 is 0 Å². The monoisotopic (exact) mass is 376 g/mol. The van der Waals surface area contributed by atoms with Crippen LogP contribution in [0.4, 0.5) is 0 Å². The topological polar surface area (TPSA) is 70.9 Å². The minimum absolute atomic E-state index is 0.136. The number of hydrogen-bond donors (Lipinski definition) is 2. The molecule has 0 aromatic heterocycles. The predicted octanol–water partition coefficient (Wildman–Crippen LogP) is 3.10. The van der Waals surface area contributed by atoms with Crippen molar-refractivity contribution in [2.24, 2.45) is 5.10 Å². The van der Waals surface area contributed by atoms with Gasteiger partial charge in [-0.1, -0.05) is 15.9 Å². The number of halogens is 1. The second kappa shape index (κ2) is 8.45. The molecule has 23 heavy (non-hydrogen) atoms. The number of carbonyl (C=O) groups excluding carboxylic acids is 1. The second-order valence-electron chi connectivity index (χ2n) is 4.66. The van der Waals surface area contributed by atoms with Crippen LogP contribution in [-0.4, -0.2) is 23.8 Å². The lowest BCUT2D eigenvalue weighted by Crippen LogP contribution is -2.17. The molecule has 2 N–H and O–H groups in total. The van der Waals surface area contributed by atoms with Crippen LogP contribution in [0.5, 0.6) is 5.75 Å². The minimum atomic E-state index is -0.301. The molecule has 120 valence electrons. The van der Waals surface area contributed by atoms with E-state index in [2.05, 4.69) is 26.5 Å². The Morgan fingerprint density at radius 1 is 1.30 bits per heavy atom. The number of rotatable bonds is 6. The average molecular weight is 377 g/mol. The van der Waals surface area contributed by atoms with Crippen molar-refractivity contribution >= 4 is 28.1 Å². The van der Waals surface area contributed by atoms with Crippen LogP contribution in [0.2, 0.25) is 0 Å². The molecule has 0 saturated carbocycles. The Hall–Kier alpha value is -2.18. The summed E-state index contributed by atoms with van der Waals surface area (Å²) in [6.45, 7) is 2.32. The highest BCUT2D eigenvalue weighted by Gasteiger charge is 2.04. The molecule has 0 atom stereocenters. The number of nitrogens with zero attached hydrogens (tertiary/aromatic N) is 1. The van der Waals surface area contributed by atoms with E-state index in [1.807, 2.05) is 6.92 Å². The maximum atomic E-state index is 11.9. The molecule has 1 amide bonds. The van der Waals surface area contributed by atoms with Gasteiger partial charge in [0.25, 0.3) is 5.91 Å². The molecule has 0 heterocycles. The Labute approximate surface area is 143 Å². The van der Waals surface area contributed by atoms with Crippen LogP contribution in [0.1, 0.15) is 28.4 Å². The maximum Gasteiger partial charge on any atom is 0.271 e. The fraction of sp³-hybridized carbons (Fsp3) is 0.176. The third kappa shape index (κ3) is 4.91. The number of nitrogens with one attached hydrogen (secondary N) is 1. The number of benzene rings is 2. The largest absolute Gasteiger partial charge is 0.494 e. The van der Waals surface area contributed by atoms with Crippen molar-refractivity contribution in [1.29, 1.82) is 0 Å². The summed E-state index contributed by atoms with van der Waals surface area (Å²) in [5.74, 6) is 0.387. The summed E-state index contributed by atoms with van der Waals surface area (Å²) < 4.78 is 6.29. The molecule has 2 rings (SSSR count). The van der Waals surface area contributed by atoms with E-state index in [4.69, 9.17) is 4.74 Å². The number of hydrogen-bond acceptors (Lipinski definition) is 4. The summed E-state index contributed by atoms with van der Waals surface area (Å²) in [6.07, 6.45) is 1.50. The minimum Gasteiger partial charge on any atom is -0.494 e. The molecule has 0 unspecified atom stereocenters. The van der Waals surface area contributed by atoms with E-state index in [-0.39, 0.29) is 12.5 Å². The first-order chi connectivity index (χ1) is 11.1. The quantitative estimate of drug-likeness (QED) is 0.600. The van der Waals surface area contributed by atoms with Gasteiger partial charge < -0.3 is 9.84 Å². The number of hydrazone groups is 1. The van der Waals surface area contributed by atoms with Gasteiger partial charge in [0.1, 0.15) is 5.75 Å². The zero-order chi connectivity index (χ0) is 16.7. The van der Waals surface area contributed by atoms with Crippen LogP contribution in [0.25, 0.3) is 0 Å². The molecule has 2 aromatic rings. The van der Waals surface area contributed by atoms with Crippen LogP contribution in [0.3, 0.4) is 0 Å². The van der Waals surface area contributed by atoms with Crippen LogP contribution in [0, 0.1) is 0 Å². The van der Waals surface area contributed by atoms with Crippen molar-refractivity contribution in [3.8, 4) is 5.75 Å². The third-order valence-electron chi connectivity index (χ3n) is 3.07. The van der Waals surface area contributed by atoms with Gasteiger partial charge in [-0.25, -0.2) is 5.43 Å². The van der Waals surface area contributed by atoms with Crippen molar-refractivity contribution in [3.63, 3.8) is 0 Å². The molecule has 0 aliphatic rings.